The predicted octanol–water partition coefficient (Wildman–Crippen LogP) is 1.68. The van der Waals surface area contributed by atoms with Crippen LogP contribution < -0.4 is 0 Å². The molecule has 0 aromatic rings. The highest BCUT2D eigenvalue weighted by molar-refractivity contribution is 5.71. The minimum absolute atomic E-state index is 0.292. The molecule has 0 aromatic carbocycles. The zero-order valence-electron chi connectivity index (χ0n) is 5.59. The molecule has 0 aliphatic carbocycles. The molecule has 2 heteroatoms. The highest BCUT2D eigenvalue weighted by Crippen LogP contribution is 1.88. The molecule has 0 aliphatic rings. The summed E-state index contributed by atoms with van der Waals surface area (Å²) >= 11 is 0. The second-order valence-corrected chi connectivity index (χ2v) is 1.60. The Kier molecular flexibility index (Phi) is 4.88. The van der Waals surface area contributed by atoms with E-state index in [2.05, 4.69) is 11.8 Å². The standard InChI is InChI=1S/C7H11O2/c1-3-4-5-6-7(8)9-2/h4-5H,2-3,6H2,1H3/b5-4+. The summed E-state index contributed by atoms with van der Waals surface area (Å²) in [6.07, 6.45) is 4.96. The lowest BCUT2D eigenvalue weighted by molar-refractivity contribution is -0.137. The Morgan fingerprint density at radius 1 is 1.67 bits per heavy atom. The van der Waals surface area contributed by atoms with Gasteiger partial charge in [0.15, 0.2) is 0 Å². The van der Waals surface area contributed by atoms with Crippen molar-refractivity contribution in [2.45, 2.75) is 19.8 Å². The van der Waals surface area contributed by atoms with Crippen LogP contribution in [0.1, 0.15) is 19.8 Å². The minimum atomic E-state index is -0.292. The third-order valence-electron chi connectivity index (χ3n) is 0.848. The quantitative estimate of drug-likeness (QED) is 0.426. The van der Waals surface area contributed by atoms with Crippen LogP contribution in [0.5, 0.6) is 0 Å². The summed E-state index contributed by atoms with van der Waals surface area (Å²) in [7, 11) is 2.98. The molecule has 1 radical (unpaired) electrons. The molecule has 0 atom stereocenters. The van der Waals surface area contributed by atoms with E-state index in [9.17, 15) is 4.79 Å². The Labute approximate surface area is 55.5 Å². The van der Waals surface area contributed by atoms with Gasteiger partial charge < -0.3 is 4.74 Å². The second-order valence-electron chi connectivity index (χ2n) is 1.60. The van der Waals surface area contributed by atoms with Crippen molar-refractivity contribution in [2.24, 2.45) is 0 Å². The van der Waals surface area contributed by atoms with Crippen molar-refractivity contribution in [3.8, 4) is 0 Å². The lowest BCUT2D eigenvalue weighted by Crippen LogP contribution is -1.94. The van der Waals surface area contributed by atoms with Crippen LogP contribution in [-0.2, 0) is 9.53 Å². The number of carbonyl (C=O) groups is 1. The maximum atomic E-state index is 10.4. The van der Waals surface area contributed by atoms with E-state index < -0.39 is 0 Å². The van der Waals surface area contributed by atoms with Crippen LogP contribution in [0, 0.1) is 7.11 Å². The molecule has 0 bridgehead atoms. The summed E-state index contributed by atoms with van der Waals surface area (Å²) in [5.74, 6) is -0.292. The van der Waals surface area contributed by atoms with Crippen molar-refractivity contribution in [1.29, 1.82) is 0 Å². The van der Waals surface area contributed by atoms with Gasteiger partial charge >= 0.3 is 5.97 Å². The van der Waals surface area contributed by atoms with Crippen LogP contribution in [0.4, 0.5) is 0 Å². The minimum Gasteiger partial charge on any atom is -0.462 e. The molecule has 0 aliphatic heterocycles. The van der Waals surface area contributed by atoms with Crippen molar-refractivity contribution in [3.63, 3.8) is 0 Å². The number of allylic oxidation sites excluding steroid dienone is 1. The zero-order valence-corrected chi connectivity index (χ0v) is 5.59. The first kappa shape index (κ1) is 8.21. The summed E-state index contributed by atoms with van der Waals surface area (Å²) in [5, 5.41) is 0. The van der Waals surface area contributed by atoms with E-state index >= 15 is 0 Å². The highest BCUT2D eigenvalue weighted by atomic mass is 16.5. The van der Waals surface area contributed by atoms with Crippen LogP contribution in [0.3, 0.4) is 0 Å². The van der Waals surface area contributed by atoms with Gasteiger partial charge in [-0.25, -0.2) is 0 Å². The van der Waals surface area contributed by atoms with E-state index in [-0.39, 0.29) is 5.97 Å². The molecule has 0 spiro atoms. The normalized spacial score (nSPS) is 10.0. The van der Waals surface area contributed by atoms with Gasteiger partial charge in [-0.1, -0.05) is 19.1 Å². The Hall–Kier alpha value is -0.790. The average molecular weight is 127 g/mol. The van der Waals surface area contributed by atoms with Crippen molar-refractivity contribution in [1.82, 2.24) is 0 Å². The van der Waals surface area contributed by atoms with Crippen LogP contribution in [-0.4, -0.2) is 5.97 Å². The van der Waals surface area contributed by atoms with Gasteiger partial charge in [0, 0.05) is 0 Å². The van der Waals surface area contributed by atoms with Crippen molar-refractivity contribution >= 4 is 5.97 Å². The highest BCUT2D eigenvalue weighted by Gasteiger charge is 1.91. The fourth-order valence-electron chi connectivity index (χ4n) is 0.405. The largest absolute Gasteiger partial charge is 0.462 e. The molecule has 0 saturated heterocycles. The van der Waals surface area contributed by atoms with Gasteiger partial charge in [-0.3, -0.25) is 4.79 Å². The number of esters is 1. The molecule has 0 rings (SSSR count). The molecule has 0 amide bonds. The summed E-state index contributed by atoms with van der Waals surface area (Å²) < 4.78 is 4.16. The van der Waals surface area contributed by atoms with E-state index in [1.807, 2.05) is 13.0 Å². The third-order valence-corrected chi connectivity index (χ3v) is 0.848. The molecule has 0 saturated carbocycles. The van der Waals surface area contributed by atoms with E-state index in [1.54, 1.807) is 6.08 Å². The smallest absolute Gasteiger partial charge is 0.309 e. The first-order chi connectivity index (χ1) is 4.31. The first-order valence-corrected chi connectivity index (χ1v) is 2.91. The number of ether oxygens (including phenoxy) is 1. The van der Waals surface area contributed by atoms with Gasteiger partial charge in [-0.2, -0.15) is 0 Å². The SMILES string of the molecule is [CH2]OC(=O)C/C=C/CC. The van der Waals surface area contributed by atoms with Crippen molar-refractivity contribution in [3.05, 3.63) is 19.3 Å². The van der Waals surface area contributed by atoms with E-state index in [0.717, 1.165) is 6.42 Å². The summed E-state index contributed by atoms with van der Waals surface area (Å²) in [4.78, 5) is 10.4. The Balaban J connectivity index is 3.26. The lowest BCUT2D eigenvalue weighted by atomic mass is 10.3. The third kappa shape index (κ3) is 5.07. The first-order valence-electron chi connectivity index (χ1n) is 2.91. The number of hydrogen-bond acceptors (Lipinski definition) is 2. The Morgan fingerprint density at radius 3 is 2.78 bits per heavy atom. The van der Waals surface area contributed by atoms with Crippen LogP contribution in [0.15, 0.2) is 12.2 Å². The fourth-order valence-corrected chi connectivity index (χ4v) is 0.405. The van der Waals surface area contributed by atoms with Gasteiger partial charge in [0.25, 0.3) is 0 Å². The average Bonchev–Trinajstić information content (AvgIpc) is 1.89. The maximum absolute atomic E-state index is 10.4. The van der Waals surface area contributed by atoms with Crippen molar-refractivity contribution < 1.29 is 9.53 Å². The molecule has 9 heavy (non-hydrogen) atoms. The number of carbonyl (C=O) groups excluding carboxylic acids is 1. The van der Waals surface area contributed by atoms with Gasteiger partial charge in [0.1, 0.15) is 7.11 Å². The molecule has 51 valence electrons. The van der Waals surface area contributed by atoms with Crippen LogP contribution >= 0.6 is 0 Å². The van der Waals surface area contributed by atoms with Crippen molar-refractivity contribution in [2.75, 3.05) is 0 Å². The lowest BCUT2D eigenvalue weighted by Gasteiger charge is -1.89. The predicted molar refractivity (Wildman–Crippen MR) is 35.5 cm³/mol. The number of hydrogen-bond donors (Lipinski definition) is 0. The molecule has 0 heterocycles. The molecular formula is C7H11O2. The maximum Gasteiger partial charge on any atom is 0.309 e. The molecule has 2 nitrogen and oxygen atoms in total. The van der Waals surface area contributed by atoms with E-state index in [1.165, 1.54) is 0 Å². The van der Waals surface area contributed by atoms with Crippen LogP contribution in [0.25, 0.3) is 0 Å². The van der Waals surface area contributed by atoms with E-state index in [0.29, 0.717) is 6.42 Å². The monoisotopic (exact) mass is 127 g/mol. The molecule has 0 fully saturated rings. The molecular weight excluding hydrogens is 116 g/mol. The Morgan fingerprint density at radius 2 is 2.33 bits per heavy atom. The van der Waals surface area contributed by atoms with E-state index in [4.69, 9.17) is 0 Å². The number of rotatable bonds is 3. The van der Waals surface area contributed by atoms with Gasteiger partial charge in [-0.05, 0) is 6.42 Å². The molecule has 0 unspecified atom stereocenters. The molecule has 0 N–H and O–H groups in total. The summed E-state index contributed by atoms with van der Waals surface area (Å²) in [6, 6.07) is 0. The topological polar surface area (TPSA) is 26.3 Å². The zero-order chi connectivity index (χ0) is 7.11. The van der Waals surface area contributed by atoms with Crippen LogP contribution in [0.2, 0.25) is 0 Å². The fraction of sp³-hybridized carbons (Fsp3) is 0.429. The summed E-state index contributed by atoms with van der Waals surface area (Å²) in [6.45, 7) is 2.01. The molecule has 0 aromatic heterocycles. The Bertz CT molecular complexity index is 105. The van der Waals surface area contributed by atoms with Gasteiger partial charge in [0.2, 0.25) is 0 Å². The van der Waals surface area contributed by atoms with Gasteiger partial charge in [0.05, 0.1) is 6.42 Å². The second kappa shape index (κ2) is 5.35. The van der Waals surface area contributed by atoms with Gasteiger partial charge in [-0.15, -0.1) is 0 Å². The summed E-state index contributed by atoms with van der Waals surface area (Å²) in [5.41, 5.74) is 0.